The molecule has 0 bridgehead atoms. The first kappa shape index (κ1) is 32.4. The molecular weight excluding hydrogens is 580 g/mol. The van der Waals surface area contributed by atoms with Crippen molar-refractivity contribution in [3.63, 3.8) is 0 Å². The first-order chi connectivity index (χ1) is 22.2. The summed E-state index contributed by atoms with van der Waals surface area (Å²) in [7, 11) is 0. The molecule has 0 saturated heterocycles. The number of hydrogen-bond donors (Lipinski definition) is 0. The van der Waals surface area contributed by atoms with Gasteiger partial charge in [-0.15, -0.1) is 0 Å². The first-order valence-electron chi connectivity index (χ1n) is 18.1. The molecule has 0 aliphatic heterocycles. The average Bonchev–Trinajstić information content (AvgIpc) is 3.05. The van der Waals surface area contributed by atoms with Crippen LogP contribution in [0.2, 0.25) is 0 Å². The molecule has 3 fully saturated rings. The number of esters is 2. The topological polar surface area (TPSA) is 52.6 Å². The van der Waals surface area contributed by atoms with E-state index in [1.165, 1.54) is 12.8 Å². The summed E-state index contributed by atoms with van der Waals surface area (Å²) in [4.78, 5) is 26.4. The van der Waals surface area contributed by atoms with Gasteiger partial charge in [0, 0.05) is 5.41 Å². The van der Waals surface area contributed by atoms with Crippen LogP contribution in [0.1, 0.15) is 127 Å². The largest absolute Gasteiger partial charge is 0.458 e. The van der Waals surface area contributed by atoms with E-state index in [0.717, 1.165) is 44.9 Å². The zero-order valence-electron chi connectivity index (χ0n) is 29.7. The fourth-order valence-corrected chi connectivity index (χ4v) is 11.5. The number of ether oxygens (including phenoxy) is 2. The number of carbonyl (C=O) groups is 2. The summed E-state index contributed by atoms with van der Waals surface area (Å²) in [5, 5.41) is 0. The van der Waals surface area contributed by atoms with Crippen molar-refractivity contribution in [1.82, 2.24) is 0 Å². The minimum atomic E-state index is -0.472. The van der Waals surface area contributed by atoms with Crippen molar-refractivity contribution in [2.45, 2.75) is 118 Å². The molecule has 250 valence electrons. The molecule has 4 heteroatoms. The van der Waals surface area contributed by atoms with E-state index in [4.69, 9.17) is 9.47 Å². The molecule has 5 aliphatic rings. The lowest BCUT2D eigenvalue weighted by Gasteiger charge is -2.68. The van der Waals surface area contributed by atoms with Gasteiger partial charge in [0.2, 0.25) is 0 Å². The van der Waals surface area contributed by atoms with Gasteiger partial charge < -0.3 is 9.47 Å². The van der Waals surface area contributed by atoms with E-state index >= 15 is 0 Å². The van der Waals surface area contributed by atoms with E-state index in [-0.39, 0.29) is 45.1 Å². The Labute approximate surface area is 282 Å². The highest BCUT2D eigenvalue weighted by atomic mass is 16.6. The second-order valence-corrected chi connectivity index (χ2v) is 17.6. The van der Waals surface area contributed by atoms with Crippen LogP contribution in [-0.4, -0.2) is 23.6 Å². The van der Waals surface area contributed by atoms with Gasteiger partial charge in [0.25, 0.3) is 0 Å². The summed E-state index contributed by atoms with van der Waals surface area (Å²) >= 11 is 0. The highest BCUT2D eigenvalue weighted by Gasteiger charge is 2.66. The SMILES string of the molecule is CC1(C)[C@H](OC(=O)c2ccccc2)CC[C@]2(C)C3=CC[C@@]4(C)[C@@H]5C[C@](C)(OC(=O)c6ccccc6)CC[C@]5(C)CC[C@]4(C)C3=CC[C@@H]12. The van der Waals surface area contributed by atoms with Crippen LogP contribution in [-0.2, 0) is 9.47 Å². The van der Waals surface area contributed by atoms with Crippen LogP contribution in [0.5, 0.6) is 0 Å². The number of hydrogen-bond acceptors (Lipinski definition) is 4. The quantitative estimate of drug-likeness (QED) is 0.314. The standard InChI is InChI=1S/C43H54O4/c1-38(2)33-19-18-32-31(41(33,5)22-21-35(38)46-36(44)29-14-10-8-11-15-29)20-23-43(7)34-28-40(4,47-37(45)30-16-12-9-13-17-30)26-24-39(34,3)25-27-42(32,43)6/h8-18,20,33-35H,19,21-28H2,1-7H3/t33-,34+,35+,39+,40+,41+,42+,43-/m0/s1. The van der Waals surface area contributed by atoms with Gasteiger partial charge in [0.05, 0.1) is 11.1 Å². The number of allylic oxidation sites excluding steroid dienone is 4. The minimum absolute atomic E-state index is 0.0423. The van der Waals surface area contributed by atoms with E-state index in [2.05, 4.69) is 60.6 Å². The van der Waals surface area contributed by atoms with Crippen molar-refractivity contribution >= 4 is 11.9 Å². The monoisotopic (exact) mass is 634 g/mol. The third kappa shape index (κ3) is 4.90. The second kappa shape index (κ2) is 10.9. The lowest BCUT2D eigenvalue weighted by molar-refractivity contribution is -0.164. The van der Waals surface area contributed by atoms with Crippen molar-refractivity contribution in [3.8, 4) is 0 Å². The Morgan fingerprint density at radius 3 is 1.96 bits per heavy atom. The Hall–Kier alpha value is -3.14. The van der Waals surface area contributed by atoms with E-state index in [9.17, 15) is 9.59 Å². The highest BCUT2D eigenvalue weighted by molar-refractivity contribution is 5.90. The Kier molecular flexibility index (Phi) is 7.54. The number of fused-ring (bicyclic) bond motifs is 7. The van der Waals surface area contributed by atoms with Crippen molar-refractivity contribution in [1.29, 1.82) is 0 Å². The lowest BCUT2D eigenvalue weighted by atomic mass is 9.36. The average molecular weight is 635 g/mol. The van der Waals surface area contributed by atoms with Gasteiger partial charge in [-0.2, -0.15) is 0 Å². The Morgan fingerprint density at radius 2 is 1.30 bits per heavy atom. The van der Waals surface area contributed by atoms with Crippen molar-refractivity contribution in [3.05, 3.63) is 95.1 Å². The first-order valence-corrected chi connectivity index (χ1v) is 18.1. The fraction of sp³-hybridized carbons (Fsp3) is 0.581. The zero-order chi connectivity index (χ0) is 33.5. The summed E-state index contributed by atoms with van der Waals surface area (Å²) in [5.74, 6) is 0.431. The number of benzene rings is 2. The van der Waals surface area contributed by atoms with Crippen LogP contribution in [0.25, 0.3) is 0 Å². The minimum Gasteiger partial charge on any atom is -0.458 e. The smallest absolute Gasteiger partial charge is 0.338 e. The molecule has 8 atom stereocenters. The third-order valence-corrected chi connectivity index (χ3v) is 14.7. The Balaban J connectivity index is 1.17. The predicted octanol–water partition coefficient (Wildman–Crippen LogP) is 10.5. The molecule has 0 radical (unpaired) electrons. The van der Waals surface area contributed by atoms with Crippen LogP contribution in [0.15, 0.2) is 84.0 Å². The van der Waals surface area contributed by atoms with Crippen LogP contribution >= 0.6 is 0 Å². The highest BCUT2D eigenvalue weighted by Crippen LogP contribution is 2.74. The van der Waals surface area contributed by atoms with Crippen molar-refractivity contribution < 1.29 is 19.1 Å². The van der Waals surface area contributed by atoms with Gasteiger partial charge in [0.15, 0.2) is 0 Å². The van der Waals surface area contributed by atoms with E-state index in [1.54, 1.807) is 11.1 Å². The van der Waals surface area contributed by atoms with E-state index in [1.807, 2.05) is 60.7 Å². The van der Waals surface area contributed by atoms with Crippen molar-refractivity contribution in [2.24, 2.45) is 38.9 Å². The molecule has 2 aromatic rings. The number of carbonyl (C=O) groups excluding carboxylic acids is 2. The van der Waals surface area contributed by atoms with Crippen LogP contribution in [0, 0.1) is 38.9 Å². The van der Waals surface area contributed by atoms with Crippen LogP contribution < -0.4 is 0 Å². The van der Waals surface area contributed by atoms with E-state index in [0.29, 0.717) is 23.0 Å². The fourth-order valence-electron chi connectivity index (χ4n) is 11.5. The van der Waals surface area contributed by atoms with Crippen LogP contribution in [0.4, 0.5) is 0 Å². The zero-order valence-corrected chi connectivity index (χ0v) is 29.7. The molecule has 47 heavy (non-hydrogen) atoms. The van der Waals surface area contributed by atoms with Crippen molar-refractivity contribution in [2.75, 3.05) is 0 Å². The van der Waals surface area contributed by atoms with Gasteiger partial charge in [-0.25, -0.2) is 9.59 Å². The Morgan fingerprint density at radius 1 is 0.681 bits per heavy atom. The molecule has 7 rings (SSSR count). The lowest BCUT2D eigenvalue weighted by Crippen LogP contribution is -2.62. The molecule has 0 spiro atoms. The summed E-state index contributed by atoms with van der Waals surface area (Å²) in [6, 6.07) is 18.9. The molecule has 0 aromatic heterocycles. The predicted molar refractivity (Wildman–Crippen MR) is 187 cm³/mol. The molecule has 0 amide bonds. The molecule has 4 nitrogen and oxygen atoms in total. The van der Waals surface area contributed by atoms with E-state index < -0.39 is 5.60 Å². The number of rotatable bonds is 4. The summed E-state index contributed by atoms with van der Waals surface area (Å²) < 4.78 is 12.7. The molecule has 0 N–H and O–H groups in total. The maximum Gasteiger partial charge on any atom is 0.338 e. The Bertz CT molecular complexity index is 1620. The molecule has 0 heterocycles. The normalized spacial score (nSPS) is 40.3. The summed E-state index contributed by atoms with van der Waals surface area (Å²) in [6.45, 7) is 17.0. The molecule has 3 saturated carbocycles. The molecule has 0 unspecified atom stereocenters. The van der Waals surface area contributed by atoms with Gasteiger partial charge in [0.1, 0.15) is 11.7 Å². The summed E-state index contributed by atoms with van der Waals surface area (Å²) in [5.41, 5.74) is 4.18. The molecule has 5 aliphatic carbocycles. The second-order valence-electron chi connectivity index (χ2n) is 17.6. The maximum absolute atomic E-state index is 13.3. The third-order valence-electron chi connectivity index (χ3n) is 14.7. The molecule has 2 aromatic carbocycles. The van der Waals surface area contributed by atoms with Gasteiger partial charge in [-0.1, -0.05) is 90.1 Å². The van der Waals surface area contributed by atoms with Gasteiger partial charge in [-0.3, -0.25) is 0 Å². The molecular formula is C43H54O4. The van der Waals surface area contributed by atoms with Gasteiger partial charge >= 0.3 is 11.9 Å². The van der Waals surface area contributed by atoms with Gasteiger partial charge in [-0.05, 0) is 134 Å². The summed E-state index contributed by atoms with van der Waals surface area (Å²) in [6.07, 6.45) is 14.4. The van der Waals surface area contributed by atoms with Crippen LogP contribution in [0.3, 0.4) is 0 Å². The maximum atomic E-state index is 13.3.